The van der Waals surface area contributed by atoms with Crippen molar-refractivity contribution in [3.8, 4) is 0 Å². The number of nitrogens with zero attached hydrogens (tertiary/aromatic N) is 1. The van der Waals surface area contributed by atoms with Gasteiger partial charge in [0.25, 0.3) is 0 Å². The van der Waals surface area contributed by atoms with Gasteiger partial charge in [0, 0.05) is 45.1 Å². The third kappa shape index (κ3) is 2.59. The molecule has 0 saturated carbocycles. The van der Waals surface area contributed by atoms with Crippen LogP contribution in [0, 0.1) is 0 Å². The number of fused-ring (bicyclic) bond motifs is 1. The lowest BCUT2D eigenvalue weighted by Gasteiger charge is -2.05. The van der Waals surface area contributed by atoms with Crippen molar-refractivity contribution < 1.29 is 4.21 Å². The first kappa shape index (κ1) is 11.5. The van der Waals surface area contributed by atoms with Gasteiger partial charge in [-0.05, 0) is 17.5 Å². The Hall–Kier alpha value is -0.940. The summed E-state index contributed by atoms with van der Waals surface area (Å²) >= 11 is 1.71. The Balaban J connectivity index is 2.04. The van der Waals surface area contributed by atoms with E-state index in [1.165, 1.54) is 4.70 Å². The summed E-state index contributed by atoms with van der Waals surface area (Å²) in [4.78, 5) is 4.30. The largest absolute Gasteiger partial charge is 0.369 e. The molecule has 0 bridgehead atoms. The second kappa shape index (κ2) is 5.41. The summed E-state index contributed by atoms with van der Waals surface area (Å²) < 4.78 is 12.5. The molecule has 0 fully saturated rings. The van der Waals surface area contributed by atoms with Crippen molar-refractivity contribution in [3.05, 3.63) is 23.7 Å². The molecule has 0 amide bonds. The highest BCUT2D eigenvalue weighted by atomic mass is 32.2. The number of hydrogen-bond donors (Lipinski definition) is 1. The quantitative estimate of drug-likeness (QED) is 0.891. The van der Waals surface area contributed by atoms with Gasteiger partial charge in [0.1, 0.15) is 5.82 Å². The van der Waals surface area contributed by atoms with Crippen LogP contribution in [0.1, 0.15) is 6.92 Å². The fourth-order valence-corrected chi connectivity index (χ4v) is 2.86. The van der Waals surface area contributed by atoms with Gasteiger partial charge in [-0.3, -0.25) is 4.21 Å². The van der Waals surface area contributed by atoms with E-state index in [4.69, 9.17) is 0 Å². The number of pyridine rings is 1. The van der Waals surface area contributed by atoms with Crippen molar-refractivity contribution in [2.75, 3.05) is 23.4 Å². The molecular weight excluding hydrogens is 240 g/mol. The van der Waals surface area contributed by atoms with E-state index in [1.807, 2.05) is 13.0 Å². The topological polar surface area (TPSA) is 42.0 Å². The number of anilines is 1. The predicted octanol–water partition coefficient (Wildman–Crippen LogP) is 2.48. The zero-order valence-electron chi connectivity index (χ0n) is 9.10. The minimum absolute atomic E-state index is 0.679. The summed E-state index contributed by atoms with van der Waals surface area (Å²) in [6.07, 6.45) is 1.80. The highest BCUT2D eigenvalue weighted by Crippen LogP contribution is 2.25. The first-order valence-corrected chi connectivity index (χ1v) is 7.59. The van der Waals surface area contributed by atoms with Gasteiger partial charge in [-0.15, -0.1) is 11.3 Å². The SMILES string of the molecule is CCS(=O)CCNc1nccc2sccc12. The maximum absolute atomic E-state index is 11.3. The van der Waals surface area contributed by atoms with E-state index in [0.717, 1.165) is 17.0 Å². The van der Waals surface area contributed by atoms with Crippen LogP contribution in [-0.4, -0.2) is 27.2 Å². The molecule has 0 aliphatic carbocycles. The van der Waals surface area contributed by atoms with Crippen LogP contribution in [0.2, 0.25) is 0 Å². The molecule has 0 spiro atoms. The minimum Gasteiger partial charge on any atom is -0.369 e. The van der Waals surface area contributed by atoms with E-state index < -0.39 is 10.8 Å². The first-order chi connectivity index (χ1) is 7.81. The molecule has 0 aliphatic rings. The van der Waals surface area contributed by atoms with Gasteiger partial charge < -0.3 is 5.32 Å². The number of thiophene rings is 1. The van der Waals surface area contributed by atoms with Gasteiger partial charge in [-0.1, -0.05) is 6.92 Å². The van der Waals surface area contributed by atoms with Crippen molar-refractivity contribution in [2.24, 2.45) is 0 Å². The molecule has 3 nitrogen and oxygen atoms in total. The van der Waals surface area contributed by atoms with Crippen molar-refractivity contribution in [1.29, 1.82) is 0 Å². The van der Waals surface area contributed by atoms with Gasteiger partial charge in [0.2, 0.25) is 0 Å². The number of aromatic nitrogens is 1. The molecule has 2 heterocycles. The monoisotopic (exact) mass is 254 g/mol. The molecule has 2 aromatic rings. The Kier molecular flexibility index (Phi) is 3.90. The Morgan fingerprint density at radius 1 is 1.50 bits per heavy atom. The summed E-state index contributed by atoms with van der Waals surface area (Å²) in [5.41, 5.74) is 0. The van der Waals surface area contributed by atoms with Crippen LogP contribution in [0.25, 0.3) is 10.1 Å². The molecular formula is C11H14N2OS2. The third-order valence-electron chi connectivity index (χ3n) is 2.32. The maximum atomic E-state index is 11.3. The molecule has 0 aliphatic heterocycles. The van der Waals surface area contributed by atoms with E-state index in [-0.39, 0.29) is 0 Å². The van der Waals surface area contributed by atoms with Gasteiger partial charge >= 0.3 is 0 Å². The highest BCUT2D eigenvalue weighted by Gasteiger charge is 2.03. The smallest absolute Gasteiger partial charge is 0.134 e. The van der Waals surface area contributed by atoms with Crippen LogP contribution in [0.15, 0.2) is 23.7 Å². The summed E-state index contributed by atoms with van der Waals surface area (Å²) in [5, 5.41) is 6.45. The highest BCUT2D eigenvalue weighted by molar-refractivity contribution is 7.84. The van der Waals surface area contributed by atoms with E-state index in [9.17, 15) is 4.21 Å². The van der Waals surface area contributed by atoms with E-state index in [2.05, 4.69) is 21.7 Å². The first-order valence-electron chi connectivity index (χ1n) is 5.22. The van der Waals surface area contributed by atoms with Crippen LogP contribution >= 0.6 is 11.3 Å². The lowest BCUT2D eigenvalue weighted by molar-refractivity contribution is 0.684. The van der Waals surface area contributed by atoms with E-state index in [1.54, 1.807) is 17.5 Å². The maximum Gasteiger partial charge on any atom is 0.134 e. The van der Waals surface area contributed by atoms with Crippen LogP contribution in [0.5, 0.6) is 0 Å². The second-order valence-corrected chi connectivity index (χ2v) is 6.16. The zero-order valence-corrected chi connectivity index (χ0v) is 10.7. The Morgan fingerprint density at radius 2 is 2.38 bits per heavy atom. The second-order valence-electron chi connectivity index (χ2n) is 3.35. The molecule has 5 heteroatoms. The van der Waals surface area contributed by atoms with E-state index in [0.29, 0.717) is 12.3 Å². The average Bonchev–Trinajstić information content (AvgIpc) is 2.77. The Labute approximate surface area is 101 Å². The van der Waals surface area contributed by atoms with Crippen LogP contribution in [-0.2, 0) is 10.8 Å². The van der Waals surface area contributed by atoms with Gasteiger partial charge in [0.15, 0.2) is 0 Å². The summed E-state index contributed by atoms with van der Waals surface area (Å²) in [6, 6.07) is 4.07. The van der Waals surface area contributed by atoms with Crippen molar-refractivity contribution >= 4 is 38.0 Å². The Morgan fingerprint density at radius 3 is 3.19 bits per heavy atom. The van der Waals surface area contributed by atoms with Crippen LogP contribution < -0.4 is 5.32 Å². The summed E-state index contributed by atoms with van der Waals surface area (Å²) in [5.74, 6) is 2.29. The zero-order chi connectivity index (χ0) is 11.4. The molecule has 2 aromatic heterocycles. The van der Waals surface area contributed by atoms with Gasteiger partial charge in [-0.25, -0.2) is 4.98 Å². The fourth-order valence-electron chi connectivity index (χ4n) is 1.46. The van der Waals surface area contributed by atoms with Crippen molar-refractivity contribution in [1.82, 2.24) is 4.98 Å². The minimum atomic E-state index is -0.712. The van der Waals surface area contributed by atoms with Gasteiger partial charge in [0.05, 0.1) is 0 Å². The van der Waals surface area contributed by atoms with Crippen molar-refractivity contribution in [3.63, 3.8) is 0 Å². The molecule has 1 unspecified atom stereocenters. The van der Waals surface area contributed by atoms with Crippen LogP contribution in [0.3, 0.4) is 0 Å². The molecule has 0 aromatic carbocycles. The third-order valence-corrected chi connectivity index (χ3v) is 4.51. The lowest BCUT2D eigenvalue weighted by atomic mass is 10.3. The molecule has 16 heavy (non-hydrogen) atoms. The normalized spacial score (nSPS) is 12.8. The number of hydrogen-bond acceptors (Lipinski definition) is 4. The van der Waals surface area contributed by atoms with Gasteiger partial charge in [-0.2, -0.15) is 0 Å². The average molecular weight is 254 g/mol. The number of nitrogens with one attached hydrogen (secondary N) is 1. The van der Waals surface area contributed by atoms with E-state index >= 15 is 0 Å². The fraction of sp³-hybridized carbons (Fsp3) is 0.364. The standard InChI is InChI=1S/C11H14N2OS2/c1-2-16(14)8-6-13-11-9-4-7-15-10(9)3-5-12-11/h3-5,7H,2,6,8H2,1H3,(H,12,13). The molecule has 86 valence electrons. The summed E-state index contributed by atoms with van der Waals surface area (Å²) in [6.45, 7) is 2.65. The summed E-state index contributed by atoms with van der Waals surface area (Å²) in [7, 11) is -0.712. The lowest BCUT2D eigenvalue weighted by Crippen LogP contribution is -2.12. The predicted molar refractivity (Wildman–Crippen MR) is 71.7 cm³/mol. The number of rotatable bonds is 5. The molecule has 1 N–H and O–H groups in total. The molecule has 2 rings (SSSR count). The molecule has 0 saturated heterocycles. The Bertz CT molecular complexity index is 495. The van der Waals surface area contributed by atoms with Crippen LogP contribution in [0.4, 0.5) is 5.82 Å². The molecule has 0 radical (unpaired) electrons. The van der Waals surface area contributed by atoms with Crippen molar-refractivity contribution in [2.45, 2.75) is 6.92 Å². The molecule has 1 atom stereocenters.